The second-order valence-corrected chi connectivity index (χ2v) is 7.54. The van der Waals surface area contributed by atoms with Crippen molar-refractivity contribution >= 4 is 5.97 Å². The van der Waals surface area contributed by atoms with Gasteiger partial charge in [0.05, 0.1) is 5.56 Å². The Morgan fingerprint density at radius 1 is 0.812 bits per heavy atom. The first-order chi connectivity index (χ1) is 15.1. The van der Waals surface area contributed by atoms with Crippen molar-refractivity contribution in [2.45, 2.75) is 33.1 Å². The number of halogens is 3. The van der Waals surface area contributed by atoms with Crippen molar-refractivity contribution in [3.63, 3.8) is 0 Å². The van der Waals surface area contributed by atoms with E-state index in [4.69, 9.17) is 14.6 Å². The molecule has 168 valence electrons. The first-order valence-electron chi connectivity index (χ1n) is 9.94. The highest BCUT2D eigenvalue weighted by Crippen LogP contribution is 2.29. The number of hydrogen-bond acceptors (Lipinski definition) is 3. The highest BCUT2D eigenvalue weighted by Gasteiger charge is 2.29. The van der Waals surface area contributed by atoms with Crippen molar-refractivity contribution in [2.75, 3.05) is 6.61 Å². The number of carboxylic acids is 1. The monoisotopic (exact) mass is 444 g/mol. The molecule has 0 aliphatic rings. The lowest BCUT2D eigenvalue weighted by Crippen LogP contribution is -2.10. The molecule has 0 spiro atoms. The fraction of sp³-hybridized carbons (Fsp3) is 0.240. The maximum Gasteiger partial charge on any atom is 0.416 e. The Labute approximate surface area is 184 Å². The maximum atomic E-state index is 12.7. The van der Waals surface area contributed by atoms with E-state index in [-0.39, 0.29) is 13.2 Å². The van der Waals surface area contributed by atoms with Gasteiger partial charge in [0.25, 0.3) is 0 Å². The molecule has 0 unspecified atom stereocenters. The molecule has 0 bridgehead atoms. The van der Waals surface area contributed by atoms with Crippen LogP contribution in [0, 0.1) is 13.8 Å². The molecule has 3 aromatic rings. The summed E-state index contributed by atoms with van der Waals surface area (Å²) in [4.78, 5) is 10.7. The van der Waals surface area contributed by atoms with E-state index in [9.17, 15) is 18.0 Å². The molecule has 32 heavy (non-hydrogen) atoms. The van der Waals surface area contributed by atoms with Crippen LogP contribution < -0.4 is 9.47 Å². The van der Waals surface area contributed by atoms with Crippen LogP contribution in [-0.4, -0.2) is 17.7 Å². The fourth-order valence-corrected chi connectivity index (χ4v) is 3.29. The minimum absolute atomic E-state index is 0.176. The molecule has 0 atom stereocenters. The maximum absolute atomic E-state index is 12.7. The number of aliphatic carboxylic acids is 1. The van der Waals surface area contributed by atoms with Crippen LogP contribution in [0.25, 0.3) is 0 Å². The van der Waals surface area contributed by atoms with Gasteiger partial charge in [-0.05, 0) is 72.4 Å². The molecule has 0 saturated carbocycles. The van der Waals surface area contributed by atoms with E-state index in [1.165, 1.54) is 12.1 Å². The average molecular weight is 444 g/mol. The smallest absolute Gasteiger partial charge is 0.416 e. The summed E-state index contributed by atoms with van der Waals surface area (Å²) >= 11 is 0. The minimum atomic E-state index is -4.35. The highest BCUT2D eigenvalue weighted by atomic mass is 19.4. The molecule has 0 amide bonds. The van der Waals surface area contributed by atoms with Crippen molar-refractivity contribution in [1.29, 1.82) is 0 Å². The minimum Gasteiger partial charge on any atom is -0.489 e. The van der Waals surface area contributed by atoms with Crippen LogP contribution in [0.15, 0.2) is 60.7 Å². The van der Waals surface area contributed by atoms with Gasteiger partial charge in [0, 0.05) is 0 Å². The molecule has 0 aromatic heterocycles. The third-order valence-corrected chi connectivity index (χ3v) is 4.91. The summed E-state index contributed by atoms with van der Waals surface area (Å²) in [5.74, 6) is 0.186. The number of rotatable bonds is 8. The molecule has 0 aliphatic carbocycles. The van der Waals surface area contributed by atoms with Gasteiger partial charge in [-0.1, -0.05) is 36.4 Å². The summed E-state index contributed by atoms with van der Waals surface area (Å²) in [6, 6.07) is 16.4. The Balaban J connectivity index is 1.61. The van der Waals surface area contributed by atoms with Crippen LogP contribution in [0.2, 0.25) is 0 Å². The molecule has 0 aliphatic heterocycles. The van der Waals surface area contributed by atoms with Crippen LogP contribution in [0.4, 0.5) is 13.2 Å². The van der Waals surface area contributed by atoms with Gasteiger partial charge in [0.15, 0.2) is 6.61 Å². The van der Waals surface area contributed by atoms with E-state index in [1.54, 1.807) is 6.07 Å². The third kappa shape index (κ3) is 6.26. The third-order valence-electron chi connectivity index (χ3n) is 4.91. The normalized spacial score (nSPS) is 11.3. The number of carbonyl (C=O) groups is 1. The lowest BCUT2D eigenvalue weighted by atomic mass is 10.0. The number of hydrogen-bond donors (Lipinski definition) is 1. The van der Waals surface area contributed by atoms with Crippen LogP contribution in [0.5, 0.6) is 11.5 Å². The summed E-state index contributed by atoms with van der Waals surface area (Å²) in [7, 11) is 0. The van der Waals surface area contributed by atoms with E-state index >= 15 is 0 Å². The molecular weight excluding hydrogens is 421 g/mol. The molecule has 0 fully saturated rings. The predicted octanol–water partition coefficient (Wildman–Crippen LogP) is 5.96. The number of aryl methyl sites for hydroxylation is 2. The van der Waals surface area contributed by atoms with Gasteiger partial charge in [-0.25, -0.2) is 4.79 Å². The Bertz CT molecular complexity index is 1090. The van der Waals surface area contributed by atoms with Crippen LogP contribution in [0.3, 0.4) is 0 Å². The van der Waals surface area contributed by atoms with Gasteiger partial charge in [0.1, 0.15) is 18.1 Å². The summed E-state index contributed by atoms with van der Waals surface area (Å²) in [5, 5.41) is 8.73. The van der Waals surface area contributed by atoms with Gasteiger partial charge in [-0.3, -0.25) is 0 Å². The zero-order valence-electron chi connectivity index (χ0n) is 17.7. The summed E-state index contributed by atoms with van der Waals surface area (Å²) in [6.45, 7) is 3.58. The van der Waals surface area contributed by atoms with Gasteiger partial charge in [0.2, 0.25) is 0 Å². The van der Waals surface area contributed by atoms with Crippen molar-refractivity contribution in [3.8, 4) is 11.5 Å². The van der Waals surface area contributed by atoms with Gasteiger partial charge >= 0.3 is 12.1 Å². The van der Waals surface area contributed by atoms with E-state index in [2.05, 4.69) is 0 Å². The standard InChI is InChI=1S/C25H23F3O4/c1-16-11-19(13-20-6-10-23(17(2)12-20)32-15-24(29)30)5-9-22(16)31-14-18-3-7-21(8-4-18)25(26,27)28/h3-12H,13-15H2,1-2H3,(H,29,30). The summed E-state index contributed by atoms with van der Waals surface area (Å²) < 4.78 is 49.0. The van der Waals surface area contributed by atoms with Gasteiger partial charge in [-0.15, -0.1) is 0 Å². The molecule has 0 radical (unpaired) electrons. The number of benzene rings is 3. The van der Waals surface area contributed by atoms with E-state index in [1.807, 2.05) is 44.2 Å². The van der Waals surface area contributed by atoms with Crippen molar-refractivity contribution in [1.82, 2.24) is 0 Å². The van der Waals surface area contributed by atoms with E-state index in [0.717, 1.165) is 34.4 Å². The van der Waals surface area contributed by atoms with E-state index < -0.39 is 17.7 Å². The molecule has 3 rings (SSSR count). The van der Waals surface area contributed by atoms with Gasteiger partial charge < -0.3 is 14.6 Å². The van der Waals surface area contributed by atoms with E-state index in [0.29, 0.717) is 23.5 Å². The Morgan fingerprint density at radius 3 is 1.78 bits per heavy atom. The Morgan fingerprint density at radius 2 is 1.31 bits per heavy atom. The first-order valence-corrected chi connectivity index (χ1v) is 9.94. The highest BCUT2D eigenvalue weighted by molar-refractivity contribution is 5.68. The quantitative estimate of drug-likeness (QED) is 0.466. The Hall–Kier alpha value is -3.48. The Kier molecular flexibility index (Phi) is 7.08. The zero-order chi connectivity index (χ0) is 23.3. The molecule has 7 heteroatoms. The summed E-state index contributed by atoms with van der Waals surface area (Å²) in [6.07, 6.45) is -3.67. The molecule has 0 saturated heterocycles. The lowest BCUT2D eigenvalue weighted by molar-refractivity contribution is -0.139. The SMILES string of the molecule is Cc1cc(Cc2ccc(OCc3ccc(C(F)(F)F)cc3)c(C)c2)ccc1OCC(=O)O. The number of ether oxygens (including phenoxy) is 2. The van der Waals surface area contributed by atoms with Crippen molar-refractivity contribution < 1.29 is 32.5 Å². The largest absolute Gasteiger partial charge is 0.489 e. The lowest BCUT2D eigenvalue weighted by Gasteiger charge is -2.13. The molecule has 3 aromatic carbocycles. The predicted molar refractivity (Wildman–Crippen MR) is 114 cm³/mol. The zero-order valence-corrected chi connectivity index (χ0v) is 17.7. The van der Waals surface area contributed by atoms with Crippen LogP contribution in [0.1, 0.15) is 33.4 Å². The van der Waals surface area contributed by atoms with Crippen LogP contribution >= 0.6 is 0 Å². The molecule has 0 heterocycles. The number of alkyl halides is 3. The van der Waals surface area contributed by atoms with Crippen molar-refractivity contribution in [3.05, 3.63) is 94.0 Å². The first kappa shape index (κ1) is 23.2. The molecule has 4 nitrogen and oxygen atoms in total. The van der Waals surface area contributed by atoms with Gasteiger partial charge in [-0.2, -0.15) is 13.2 Å². The second-order valence-electron chi connectivity index (χ2n) is 7.54. The topological polar surface area (TPSA) is 55.8 Å². The molecular formula is C25H23F3O4. The van der Waals surface area contributed by atoms with Crippen LogP contribution in [-0.2, 0) is 24.0 Å². The average Bonchev–Trinajstić information content (AvgIpc) is 2.72. The fourth-order valence-electron chi connectivity index (χ4n) is 3.29. The molecule has 1 N–H and O–H groups in total. The van der Waals surface area contributed by atoms with Crippen molar-refractivity contribution in [2.24, 2.45) is 0 Å². The second kappa shape index (κ2) is 9.77. The number of carboxylic acid groups (broad SMARTS) is 1. The summed E-state index contributed by atoms with van der Waals surface area (Å²) in [5.41, 5.74) is 3.89.